The Hall–Kier alpha value is -1.65. The van der Waals surface area contributed by atoms with Crippen molar-refractivity contribution in [3.63, 3.8) is 0 Å². The number of halogens is 1. The van der Waals surface area contributed by atoms with Crippen LogP contribution in [0.5, 0.6) is 0 Å². The van der Waals surface area contributed by atoms with E-state index >= 15 is 0 Å². The van der Waals surface area contributed by atoms with Crippen LogP contribution in [-0.2, 0) is 0 Å². The van der Waals surface area contributed by atoms with Crippen molar-refractivity contribution in [3.8, 4) is 0 Å². The van der Waals surface area contributed by atoms with Gasteiger partial charge in [0.2, 0.25) is 0 Å². The van der Waals surface area contributed by atoms with Crippen molar-refractivity contribution >= 4 is 11.7 Å². The minimum absolute atomic E-state index is 0.0950. The van der Waals surface area contributed by atoms with Gasteiger partial charge in [0.15, 0.2) is 0 Å². The number of anilines is 1. The summed E-state index contributed by atoms with van der Waals surface area (Å²) in [5, 5.41) is 3.03. The summed E-state index contributed by atoms with van der Waals surface area (Å²) in [5.74, 6) is 1.21. The largest absolute Gasteiger partial charge is 0.370 e. The Labute approximate surface area is 118 Å². The Morgan fingerprint density at radius 2 is 2.15 bits per heavy atom. The molecule has 1 saturated carbocycles. The summed E-state index contributed by atoms with van der Waals surface area (Å²) in [6.07, 6.45) is 4.86. The molecule has 2 heterocycles. The molecule has 0 bridgehead atoms. The minimum atomic E-state index is -0.464. The molecule has 0 radical (unpaired) electrons. The predicted octanol–water partition coefficient (Wildman–Crippen LogP) is 2.52. The quantitative estimate of drug-likeness (QED) is 0.923. The first-order valence-electron chi connectivity index (χ1n) is 7.37. The van der Waals surface area contributed by atoms with E-state index in [0.29, 0.717) is 29.8 Å². The third kappa shape index (κ3) is 2.37. The number of carbonyl (C=O) groups is 1. The maximum atomic E-state index is 13.4. The van der Waals surface area contributed by atoms with Crippen molar-refractivity contribution in [1.82, 2.24) is 9.88 Å². The first-order chi connectivity index (χ1) is 9.69. The van der Waals surface area contributed by atoms with Gasteiger partial charge in [-0.25, -0.2) is 9.37 Å². The standard InChI is InChI=1S/C15H20FN3O/c1-2-17-14-13(6-12(16)7-18-14)15(20)19-8-10-4-3-5-11(10)9-19/h6-7,10-11H,2-5,8-9H2,1H3,(H,17,18). The molecule has 1 N–H and O–H groups in total. The van der Waals surface area contributed by atoms with E-state index in [1.54, 1.807) is 0 Å². The van der Waals surface area contributed by atoms with Crippen LogP contribution in [-0.4, -0.2) is 35.4 Å². The van der Waals surface area contributed by atoms with Gasteiger partial charge < -0.3 is 10.2 Å². The molecule has 108 valence electrons. The maximum absolute atomic E-state index is 13.4. The van der Waals surface area contributed by atoms with Crippen LogP contribution in [0.25, 0.3) is 0 Å². The van der Waals surface area contributed by atoms with Gasteiger partial charge in [-0.1, -0.05) is 6.42 Å². The van der Waals surface area contributed by atoms with E-state index in [9.17, 15) is 9.18 Å². The van der Waals surface area contributed by atoms with Crippen molar-refractivity contribution in [1.29, 1.82) is 0 Å². The third-order valence-corrected chi connectivity index (χ3v) is 4.44. The van der Waals surface area contributed by atoms with Crippen LogP contribution in [0.15, 0.2) is 12.3 Å². The van der Waals surface area contributed by atoms with Gasteiger partial charge in [0.25, 0.3) is 5.91 Å². The van der Waals surface area contributed by atoms with E-state index in [-0.39, 0.29) is 5.91 Å². The summed E-state index contributed by atoms with van der Waals surface area (Å²) in [6, 6.07) is 1.29. The summed E-state index contributed by atoms with van der Waals surface area (Å²) >= 11 is 0. The number of carbonyl (C=O) groups excluding carboxylic acids is 1. The van der Waals surface area contributed by atoms with Crippen LogP contribution in [0, 0.1) is 17.7 Å². The molecule has 2 aliphatic rings. The van der Waals surface area contributed by atoms with Crippen LogP contribution in [0.4, 0.5) is 10.2 Å². The Kier molecular flexibility index (Phi) is 3.59. The number of amides is 1. The monoisotopic (exact) mass is 277 g/mol. The van der Waals surface area contributed by atoms with Crippen LogP contribution in [0.2, 0.25) is 0 Å². The second kappa shape index (κ2) is 5.38. The summed E-state index contributed by atoms with van der Waals surface area (Å²) in [6.45, 7) is 4.21. The number of likely N-dealkylation sites (tertiary alicyclic amines) is 1. The van der Waals surface area contributed by atoms with Crippen LogP contribution in [0.3, 0.4) is 0 Å². The topological polar surface area (TPSA) is 45.2 Å². The number of hydrogen-bond donors (Lipinski definition) is 1. The molecule has 1 aromatic rings. The SMILES string of the molecule is CCNc1ncc(F)cc1C(=O)N1CC2CCCC2C1. The van der Waals surface area contributed by atoms with Gasteiger partial charge in [-0.15, -0.1) is 0 Å². The van der Waals surface area contributed by atoms with Gasteiger partial charge in [0.05, 0.1) is 11.8 Å². The molecule has 2 fully saturated rings. The van der Waals surface area contributed by atoms with E-state index in [4.69, 9.17) is 0 Å². The maximum Gasteiger partial charge on any atom is 0.257 e. The predicted molar refractivity (Wildman–Crippen MR) is 75.1 cm³/mol. The molecule has 1 saturated heterocycles. The summed E-state index contributed by atoms with van der Waals surface area (Å²) in [4.78, 5) is 18.5. The molecular weight excluding hydrogens is 257 g/mol. The molecule has 2 atom stereocenters. The number of fused-ring (bicyclic) bond motifs is 1. The van der Waals surface area contributed by atoms with Gasteiger partial charge in [-0.2, -0.15) is 0 Å². The van der Waals surface area contributed by atoms with E-state index in [1.807, 2.05) is 11.8 Å². The number of pyridine rings is 1. The average molecular weight is 277 g/mol. The lowest BCUT2D eigenvalue weighted by Gasteiger charge is -2.19. The molecule has 1 aliphatic heterocycles. The first-order valence-corrected chi connectivity index (χ1v) is 7.37. The Balaban J connectivity index is 1.81. The number of aromatic nitrogens is 1. The minimum Gasteiger partial charge on any atom is -0.370 e. The highest BCUT2D eigenvalue weighted by molar-refractivity contribution is 5.98. The van der Waals surface area contributed by atoms with Crippen molar-refractivity contribution in [3.05, 3.63) is 23.6 Å². The third-order valence-electron chi connectivity index (χ3n) is 4.44. The highest BCUT2D eigenvalue weighted by Gasteiger charge is 2.38. The van der Waals surface area contributed by atoms with Crippen LogP contribution >= 0.6 is 0 Å². The van der Waals surface area contributed by atoms with E-state index in [0.717, 1.165) is 19.3 Å². The molecule has 1 amide bonds. The summed E-state index contributed by atoms with van der Waals surface area (Å²) in [7, 11) is 0. The fourth-order valence-electron chi connectivity index (χ4n) is 3.48. The molecular formula is C15H20FN3O. The van der Waals surface area contributed by atoms with Crippen LogP contribution < -0.4 is 5.32 Å². The number of nitrogens with zero attached hydrogens (tertiary/aromatic N) is 2. The second-order valence-corrected chi connectivity index (χ2v) is 5.74. The second-order valence-electron chi connectivity index (χ2n) is 5.74. The van der Waals surface area contributed by atoms with Crippen molar-refractivity contribution in [2.24, 2.45) is 11.8 Å². The molecule has 1 aromatic heterocycles. The zero-order valence-corrected chi connectivity index (χ0v) is 11.7. The fourth-order valence-corrected chi connectivity index (χ4v) is 3.48. The molecule has 1 aliphatic carbocycles. The molecule has 2 unspecified atom stereocenters. The number of nitrogens with one attached hydrogen (secondary N) is 1. The Morgan fingerprint density at radius 1 is 1.45 bits per heavy atom. The van der Waals surface area contributed by atoms with Crippen molar-refractivity contribution < 1.29 is 9.18 Å². The van der Waals surface area contributed by atoms with Gasteiger partial charge in [0.1, 0.15) is 11.6 Å². The van der Waals surface area contributed by atoms with Gasteiger partial charge in [-0.3, -0.25) is 4.79 Å². The van der Waals surface area contributed by atoms with E-state index < -0.39 is 5.82 Å². The fraction of sp³-hybridized carbons (Fsp3) is 0.600. The molecule has 4 nitrogen and oxygen atoms in total. The normalized spacial score (nSPS) is 24.8. The Morgan fingerprint density at radius 3 is 2.80 bits per heavy atom. The van der Waals surface area contributed by atoms with Crippen LogP contribution in [0.1, 0.15) is 36.5 Å². The van der Waals surface area contributed by atoms with E-state index in [1.165, 1.54) is 25.3 Å². The smallest absolute Gasteiger partial charge is 0.257 e. The molecule has 0 spiro atoms. The van der Waals surface area contributed by atoms with Crippen molar-refractivity contribution in [2.75, 3.05) is 25.0 Å². The lowest BCUT2D eigenvalue weighted by molar-refractivity contribution is 0.0780. The summed E-state index contributed by atoms with van der Waals surface area (Å²) < 4.78 is 13.4. The van der Waals surface area contributed by atoms with Crippen molar-refractivity contribution in [2.45, 2.75) is 26.2 Å². The Bertz CT molecular complexity index is 508. The van der Waals surface area contributed by atoms with E-state index in [2.05, 4.69) is 10.3 Å². The lowest BCUT2D eigenvalue weighted by Crippen LogP contribution is -2.30. The molecule has 3 rings (SSSR count). The summed E-state index contributed by atoms with van der Waals surface area (Å²) in [5.41, 5.74) is 0.354. The molecule has 0 aromatic carbocycles. The van der Waals surface area contributed by atoms with Gasteiger partial charge in [0, 0.05) is 19.6 Å². The highest BCUT2D eigenvalue weighted by atomic mass is 19.1. The average Bonchev–Trinajstić information content (AvgIpc) is 3.01. The molecule has 20 heavy (non-hydrogen) atoms. The first kappa shape index (κ1) is 13.3. The van der Waals surface area contributed by atoms with Gasteiger partial charge >= 0.3 is 0 Å². The zero-order valence-electron chi connectivity index (χ0n) is 11.7. The highest BCUT2D eigenvalue weighted by Crippen LogP contribution is 2.38. The number of hydrogen-bond acceptors (Lipinski definition) is 3. The lowest BCUT2D eigenvalue weighted by atomic mass is 10.0. The molecule has 5 heteroatoms. The zero-order chi connectivity index (χ0) is 14.1. The number of rotatable bonds is 3. The van der Waals surface area contributed by atoms with Gasteiger partial charge in [-0.05, 0) is 37.7 Å².